The minimum Gasteiger partial charge on any atom is -0.388 e. The lowest BCUT2D eigenvalue weighted by molar-refractivity contribution is -0.117. The van der Waals surface area contributed by atoms with Gasteiger partial charge in [0.2, 0.25) is 5.91 Å². The predicted molar refractivity (Wildman–Crippen MR) is 93.1 cm³/mol. The maximum atomic E-state index is 12.7. The van der Waals surface area contributed by atoms with Crippen LogP contribution in [0.25, 0.3) is 0 Å². The summed E-state index contributed by atoms with van der Waals surface area (Å²) in [5.41, 5.74) is 1.38. The van der Waals surface area contributed by atoms with Crippen LogP contribution in [0.5, 0.6) is 0 Å². The van der Waals surface area contributed by atoms with E-state index in [9.17, 15) is 14.7 Å². The van der Waals surface area contributed by atoms with Gasteiger partial charge in [0.1, 0.15) is 0 Å². The first-order valence-corrected chi connectivity index (χ1v) is 8.90. The molecule has 2 fully saturated rings. The molecule has 5 heteroatoms. The number of carbonyl (C=O) groups is 2. The van der Waals surface area contributed by atoms with Crippen LogP contribution in [-0.2, 0) is 4.79 Å². The predicted octanol–water partition coefficient (Wildman–Crippen LogP) is 2.55. The Morgan fingerprint density at radius 1 is 1.25 bits per heavy atom. The molecule has 2 amide bonds. The first-order chi connectivity index (χ1) is 11.5. The number of hydrogen-bond donors (Lipinski definition) is 2. The molecule has 5 nitrogen and oxygen atoms in total. The number of aliphatic hydroxyl groups is 1. The number of rotatable bonds is 4. The molecule has 1 aromatic carbocycles. The van der Waals surface area contributed by atoms with Crippen LogP contribution < -0.4 is 10.2 Å². The van der Waals surface area contributed by atoms with Gasteiger partial charge in [-0.2, -0.15) is 0 Å². The Bertz CT molecular complexity index is 635. The first kappa shape index (κ1) is 17.0. The number of nitrogens with one attached hydrogen (secondary N) is 1. The van der Waals surface area contributed by atoms with Gasteiger partial charge in [-0.3, -0.25) is 9.59 Å². The van der Waals surface area contributed by atoms with Crippen molar-refractivity contribution in [3.63, 3.8) is 0 Å². The number of amides is 2. The summed E-state index contributed by atoms with van der Waals surface area (Å²) in [6, 6.07) is 5.59. The summed E-state index contributed by atoms with van der Waals surface area (Å²) in [6.07, 6.45) is 5.99. The monoisotopic (exact) mass is 330 g/mol. The number of anilines is 1. The summed E-state index contributed by atoms with van der Waals surface area (Å²) in [5, 5.41) is 13.5. The second kappa shape index (κ2) is 6.93. The van der Waals surface area contributed by atoms with Crippen LogP contribution in [0.3, 0.4) is 0 Å². The van der Waals surface area contributed by atoms with Crippen LogP contribution in [0, 0.1) is 6.92 Å². The molecule has 0 bridgehead atoms. The van der Waals surface area contributed by atoms with Gasteiger partial charge in [-0.25, -0.2) is 0 Å². The molecule has 130 valence electrons. The summed E-state index contributed by atoms with van der Waals surface area (Å²) in [5.74, 6) is -0.147. The van der Waals surface area contributed by atoms with Gasteiger partial charge in [-0.1, -0.05) is 30.9 Å². The standard InChI is InChI=1S/C19H26N2O3/c1-14-7-8-16(21-11-5-6-17(21)22)15(12-14)18(23)20-13-19(24)9-3-2-4-10-19/h7-8,12,24H,2-6,9-11,13H2,1H3,(H,20,23). The maximum absolute atomic E-state index is 12.7. The second-order valence-corrected chi connectivity index (χ2v) is 7.14. The molecule has 0 radical (unpaired) electrons. The molecule has 2 aliphatic rings. The highest BCUT2D eigenvalue weighted by atomic mass is 16.3. The Balaban J connectivity index is 1.76. The van der Waals surface area contributed by atoms with Gasteiger partial charge in [-0.15, -0.1) is 0 Å². The van der Waals surface area contributed by atoms with E-state index in [4.69, 9.17) is 0 Å². The van der Waals surface area contributed by atoms with Gasteiger partial charge >= 0.3 is 0 Å². The van der Waals surface area contributed by atoms with Crippen molar-refractivity contribution in [2.75, 3.05) is 18.0 Å². The van der Waals surface area contributed by atoms with Gasteiger partial charge in [-0.05, 0) is 38.3 Å². The van der Waals surface area contributed by atoms with E-state index in [-0.39, 0.29) is 18.4 Å². The van der Waals surface area contributed by atoms with E-state index in [0.29, 0.717) is 24.2 Å². The van der Waals surface area contributed by atoms with Crippen molar-refractivity contribution in [2.45, 2.75) is 57.5 Å². The highest BCUT2D eigenvalue weighted by Gasteiger charge is 2.31. The number of hydrogen-bond acceptors (Lipinski definition) is 3. The van der Waals surface area contributed by atoms with E-state index >= 15 is 0 Å². The molecule has 0 aromatic heterocycles. The third kappa shape index (κ3) is 3.61. The van der Waals surface area contributed by atoms with Crippen LogP contribution in [0.15, 0.2) is 18.2 Å². The lowest BCUT2D eigenvalue weighted by atomic mass is 9.85. The molecular formula is C19H26N2O3. The van der Waals surface area contributed by atoms with E-state index in [1.165, 1.54) is 0 Å². The molecular weight excluding hydrogens is 304 g/mol. The number of aryl methyl sites for hydroxylation is 1. The SMILES string of the molecule is Cc1ccc(N2CCCC2=O)c(C(=O)NCC2(O)CCCCC2)c1. The summed E-state index contributed by atoms with van der Waals surface area (Å²) < 4.78 is 0. The van der Waals surface area contributed by atoms with E-state index in [2.05, 4.69) is 5.32 Å². The molecule has 2 N–H and O–H groups in total. The van der Waals surface area contributed by atoms with Gasteiger partial charge < -0.3 is 15.3 Å². The van der Waals surface area contributed by atoms with Crippen molar-refractivity contribution >= 4 is 17.5 Å². The molecule has 1 heterocycles. The number of nitrogens with zero attached hydrogens (tertiary/aromatic N) is 1. The fourth-order valence-corrected chi connectivity index (χ4v) is 3.70. The molecule has 3 rings (SSSR count). The summed E-state index contributed by atoms with van der Waals surface area (Å²) in [4.78, 5) is 26.4. The second-order valence-electron chi connectivity index (χ2n) is 7.14. The average Bonchev–Trinajstić information content (AvgIpc) is 2.99. The van der Waals surface area contributed by atoms with Crippen molar-refractivity contribution < 1.29 is 14.7 Å². The zero-order valence-electron chi connectivity index (χ0n) is 14.3. The minimum absolute atomic E-state index is 0.0683. The van der Waals surface area contributed by atoms with Crippen molar-refractivity contribution in [1.82, 2.24) is 5.32 Å². The van der Waals surface area contributed by atoms with Crippen molar-refractivity contribution in [1.29, 1.82) is 0 Å². The number of carbonyl (C=O) groups excluding carboxylic acids is 2. The minimum atomic E-state index is -0.790. The van der Waals surface area contributed by atoms with E-state index in [1.807, 2.05) is 25.1 Å². The fourth-order valence-electron chi connectivity index (χ4n) is 3.70. The van der Waals surface area contributed by atoms with E-state index in [1.54, 1.807) is 4.90 Å². The zero-order chi connectivity index (χ0) is 17.2. The quantitative estimate of drug-likeness (QED) is 0.891. The normalized spacial score (nSPS) is 20.2. The highest BCUT2D eigenvalue weighted by molar-refractivity contribution is 6.05. The fraction of sp³-hybridized carbons (Fsp3) is 0.579. The van der Waals surface area contributed by atoms with Crippen LogP contribution in [0.4, 0.5) is 5.69 Å². The Morgan fingerprint density at radius 3 is 2.67 bits per heavy atom. The first-order valence-electron chi connectivity index (χ1n) is 8.90. The maximum Gasteiger partial charge on any atom is 0.253 e. The molecule has 1 saturated carbocycles. The zero-order valence-corrected chi connectivity index (χ0v) is 14.3. The largest absolute Gasteiger partial charge is 0.388 e. The lowest BCUT2D eigenvalue weighted by Crippen LogP contribution is -2.44. The average molecular weight is 330 g/mol. The van der Waals surface area contributed by atoms with Crippen LogP contribution in [0.1, 0.15) is 60.9 Å². The molecule has 0 unspecified atom stereocenters. The van der Waals surface area contributed by atoms with Gasteiger partial charge in [0.15, 0.2) is 0 Å². The van der Waals surface area contributed by atoms with Gasteiger partial charge in [0.05, 0.1) is 16.9 Å². The molecule has 0 spiro atoms. The summed E-state index contributed by atoms with van der Waals surface area (Å²) >= 11 is 0. The van der Waals surface area contributed by atoms with Gasteiger partial charge in [0, 0.05) is 19.5 Å². The molecule has 24 heavy (non-hydrogen) atoms. The topological polar surface area (TPSA) is 69.6 Å². The Labute approximate surface area is 143 Å². The van der Waals surface area contributed by atoms with Crippen molar-refractivity contribution in [3.05, 3.63) is 29.3 Å². The van der Waals surface area contributed by atoms with Crippen LogP contribution in [0.2, 0.25) is 0 Å². The Kier molecular flexibility index (Phi) is 4.90. The Morgan fingerprint density at radius 2 is 2.00 bits per heavy atom. The smallest absolute Gasteiger partial charge is 0.253 e. The molecule has 1 aromatic rings. The third-order valence-electron chi connectivity index (χ3n) is 5.12. The van der Waals surface area contributed by atoms with Crippen LogP contribution in [-0.4, -0.2) is 35.6 Å². The number of benzene rings is 1. The molecule has 1 saturated heterocycles. The van der Waals surface area contributed by atoms with Crippen LogP contribution >= 0.6 is 0 Å². The van der Waals surface area contributed by atoms with Crippen molar-refractivity contribution in [2.24, 2.45) is 0 Å². The van der Waals surface area contributed by atoms with Crippen molar-refractivity contribution in [3.8, 4) is 0 Å². The molecule has 1 aliphatic carbocycles. The van der Waals surface area contributed by atoms with E-state index < -0.39 is 5.60 Å². The summed E-state index contributed by atoms with van der Waals surface area (Å²) in [7, 11) is 0. The lowest BCUT2D eigenvalue weighted by Gasteiger charge is -2.32. The third-order valence-corrected chi connectivity index (χ3v) is 5.12. The summed E-state index contributed by atoms with van der Waals surface area (Å²) in [6.45, 7) is 2.86. The molecule has 0 atom stereocenters. The highest BCUT2D eigenvalue weighted by Crippen LogP contribution is 2.29. The van der Waals surface area contributed by atoms with Gasteiger partial charge in [0.25, 0.3) is 5.91 Å². The molecule has 1 aliphatic heterocycles. The Hall–Kier alpha value is -1.88. The van der Waals surface area contributed by atoms with E-state index in [0.717, 1.165) is 44.1 Å².